The van der Waals surface area contributed by atoms with Crippen LogP contribution in [0.3, 0.4) is 0 Å². The molecular formula is C18H15ClN4O. The van der Waals surface area contributed by atoms with Gasteiger partial charge in [-0.1, -0.05) is 28.9 Å². The molecule has 6 heteroatoms. The molecular weight excluding hydrogens is 324 g/mol. The first-order valence-electron chi connectivity index (χ1n) is 7.62. The molecule has 0 radical (unpaired) electrons. The van der Waals surface area contributed by atoms with Crippen LogP contribution in [0.15, 0.2) is 46.0 Å². The van der Waals surface area contributed by atoms with Gasteiger partial charge in [0.25, 0.3) is 0 Å². The summed E-state index contributed by atoms with van der Waals surface area (Å²) in [5.74, 6) is 1.54. The topological polar surface area (TPSA) is 63.3 Å². The third-order valence-electron chi connectivity index (χ3n) is 4.13. The van der Waals surface area contributed by atoms with Gasteiger partial charge in [-0.15, -0.1) is 0 Å². The first kappa shape index (κ1) is 14.9. The van der Waals surface area contributed by atoms with Crippen LogP contribution < -0.4 is 5.32 Å². The average Bonchev–Trinajstić information content (AvgIpc) is 2.87. The standard InChI is InChI=1S/C18H15ClN4O/c1-10-15-13-7-8-21-18(20-2)16(13)17(22-9-14(15)24-23-10)11-3-5-12(19)6-4-11/h3-8H,9H2,1-2H3,(H,20,21). The second-order valence-electron chi connectivity index (χ2n) is 5.57. The van der Waals surface area contributed by atoms with Gasteiger partial charge in [-0.05, 0) is 25.1 Å². The van der Waals surface area contributed by atoms with E-state index in [1.807, 2.05) is 44.3 Å². The number of hydrogen-bond acceptors (Lipinski definition) is 5. The fourth-order valence-electron chi connectivity index (χ4n) is 3.04. The van der Waals surface area contributed by atoms with E-state index in [0.29, 0.717) is 11.6 Å². The molecule has 5 nitrogen and oxygen atoms in total. The Morgan fingerprint density at radius 3 is 2.67 bits per heavy atom. The van der Waals surface area contributed by atoms with Crippen molar-refractivity contribution in [2.45, 2.75) is 13.5 Å². The Hall–Kier alpha value is -2.66. The Balaban J connectivity index is 2.01. The predicted octanol–water partition coefficient (Wildman–Crippen LogP) is 4.09. The van der Waals surface area contributed by atoms with Crippen LogP contribution in [-0.2, 0) is 6.54 Å². The summed E-state index contributed by atoms with van der Waals surface area (Å²) in [7, 11) is 1.86. The van der Waals surface area contributed by atoms with Gasteiger partial charge in [-0.2, -0.15) is 0 Å². The van der Waals surface area contributed by atoms with Crippen molar-refractivity contribution in [2.24, 2.45) is 4.99 Å². The minimum atomic E-state index is 0.436. The van der Waals surface area contributed by atoms with E-state index in [1.165, 1.54) is 0 Å². The molecule has 0 spiro atoms. The molecule has 0 amide bonds. The van der Waals surface area contributed by atoms with E-state index in [1.54, 1.807) is 6.20 Å². The van der Waals surface area contributed by atoms with Gasteiger partial charge in [-0.3, -0.25) is 4.99 Å². The Morgan fingerprint density at radius 1 is 1.12 bits per heavy atom. The number of aliphatic imine (C=N–C) groups is 1. The van der Waals surface area contributed by atoms with Gasteiger partial charge in [0, 0.05) is 29.4 Å². The molecule has 120 valence electrons. The number of aryl methyl sites for hydroxylation is 1. The highest BCUT2D eigenvalue weighted by Crippen LogP contribution is 2.37. The maximum Gasteiger partial charge on any atom is 0.166 e. The number of nitrogens with one attached hydrogen (secondary N) is 1. The molecule has 3 heterocycles. The van der Waals surface area contributed by atoms with E-state index in [2.05, 4.69) is 15.5 Å². The highest BCUT2D eigenvalue weighted by molar-refractivity contribution is 6.30. The minimum Gasteiger partial charge on any atom is -0.373 e. The average molecular weight is 339 g/mol. The largest absolute Gasteiger partial charge is 0.373 e. The van der Waals surface area contributed by atoms with Crippen molar-refractivity contribution < 1.29 is 4.52 Å². The molecule has 0 saturated heterocycles. The summed E-state index contributed by atoms with van der Waals surface area (Å²) in [6.45, 7) is 2.38. The van der Waals surface area contributed by atoms with Crippen molar-refractivity contribution in [3.8, 4) is 11.1 Å². The smallest absolute Gasteiger partial charge is 0.166 e. The molecule has 0 saturated carbocycles. The normalized spacial score (nSPS) is 12.9. The number of benzene rings is 1. The van der Waals surface area contributed by atoms with Crippen LogP contribution >= 0.6 is 11.6 Å². The fraction of sp³-hybridized carbons (Fsp3) is 0.167. The SMILES string of the molecule is CNc1nccc2c1C(c1ccc(Cl)cc1)=NCc1onc(C)c1-2. The fourth-order valence-corrected chi connectivity index (χ4v) is 3.17. The second kappa shape index (κ2) is 5.76. The molecule has 2 aromatic heterocycles. The van der Waals surface area contributed by atoms with E-state index < -0.39 is 0 Å². The van der Waals surface area contributed by atoms with Crippen molar-refractivity contribution >= 4 is 23.1 Å². The number of hydrogen-bond donors (Lipinski definition) is 1. The molecule has 3 aromatic rings. The maximum atomic E-state index is 6.03. The first-order chi connectivity index (χ1) is 11.7. The molecule has 0 fully saturated rings. The minimum absolute atomic E-state index is 0.436. The lowest BCUT2D eigenvalue weighted by Crippen LogP contribution is -2.10. The highest BCUT2D eigenvalue weighted by Gasteiger charge is 2.26. The lowest BCUT2D eigenvalue weighted by Gasteiger charge is -2.14. The van der Waals surface area contributed by atoms with Crippen LogP contribution in [0.1, 0.15) is 22.6 Å². The molecule has 0 unspecified atom stereocenters. The van der Waals surface area contributed by atoms with Gasteiger partial charge in [0.2, 0.25) is 0 Å². The van der Waals surface area contributed by atoms with Crippen molar-refractivity contribution in [1.82, 2.24) is 10.1 Å². The highest BCUT2D eigenvalue weighted by atomic mass is 35.5. The molecule has 0 aliphatic carbocycles. The van der Waals surface area contributed by atoms with Gasteiger partial charge < -0.3 is 9.84 Å². The quantitative estimate of drug-likeness (QED) is 0.764. The summed E-state index contributed by atoms with van der Waals surface area (Å²) in [5, 5.41) is 7.96. The summed E-state index contributed by atoms with van der Waals surface area (Å²) in [5.41, 5.74) is 5.68. The third-order valence-corrected chi connectivity index (χ3v) is 4.38. The lowest BCUT2D eigenvalue weighted by molar-refractivity contribution is 0.382. The van der Waals surface area contributed by atoms with Crippen LogP contribution in [0.2, 0.25) is 5.02 Å². The zero-order valence-corrected chi connectivity index (χ0v) is 14.1. The van der Waals surface area contributed by atoms with Crippen LogP contribution in [0, 0.1) is 6.92 Å². The summed E-state index contributed by atoms with van der Waals surface area (Å²) < 4.78 is 5.48. The lowest BCUT2D eigenvalue weighted by atomic mass is 9.94. The van der Waals surface area contributed by atoms with Crippen molar-refractivity contribution in [3.63, 3.8) is 0 Å². The predicted molar refractivity (Wildman–Crippen MR) is 94.8 cm³/mol. The number of pyridine rings is 1. The van der Waals surface area contributed by atoms with Gasteiger partial charge in [-0.25, -0.2) is 4.98 Å². The van der Waals surface area contributed by atoms with Gasteiger partial charge in [0.05, 0.1) is 22.5 Å². The summed E-state index contributed by atoms with van der Waals surface area (Å²) in [6.07, 6.45) is 1.78. The van der Waals surface area contributed by atoms with E-state index in [-0.39, 0.29) is 0 Å². The molecule has 24 heavy (non-hydrogen) atoms. The first-order valence-corrected chi connectivity index (χ1v) is 8.00. The van der Waals surface area contributed by atoms with Crippen molar-refractivity contribution in [2.75, 3.05) is 12.4 Å². The Kier molecular flexibility index (Phi) is 3.58. The zero-order valence-electron chi connectivity index (χ0n) is 13.3. The zero-order chi connectivity index (χ0) is 16.7. The van der Waals surface area contributed by atoms with Gasteiger partial charge in [0.1, 0.15) is 12.4 Å². The molecule has 1 aliphatic rings. The monoisotopic (exact) mass is 338 g/mol. The summed E-state index contributed by atoms with van der Waals surface area (Å²) >= 11 is 6.03. The third kappa shape index (κ3) is 2.29. The number of aromatic nitrogens is 2. The Morgan fingerprint density at radius 2 is 1.92 bits per heavy atom. The number of halogens is 1. The Bertz CT molecular complexity index is 944. The number of rotatable bonds is 2. The van der Waals surface area contributed by atoms with E-state index in [9.17, 15) is 0 Å². The number of fused-ring (bicyclic) bond motifs is 3. The molecule has 0 atom stereocenters. The molecule has 4 rings (SSSR count). The van der Waals surface area contributed by atoms with Gasteiger partial charge in [0.15, 0.2) is 5.76 Å². The molecule has 1 N–H and O–H groups in total. The van der Waals surface area contributed by atoms with Crippen LogP contribution in [0.5, 0.6) is 0 Å². The number of nitrogens with zero attached hydrogens (tertiary/aromatic N) is 3. The maximum absolute atomic E-state index is 6.03. The molecule has 0 bridgehead atoms. The van der Waals surface area contributed by atoms with E-state index >= 15 is 0 Å². The van der Waals surface area contributed by atoms with Crippen LogP contribution in [0.25, 0.3) is 11.1 Å². The van der Waals surface area contributed by atoms with E-state index in [4.69, 9.17) is 21.1 Å². The van der Waals surface area contributed by atoms with Gasteiger partial charge >= 0.3 is 0 Å². The molecule has 1 aliphatic heterocycles. The summed E-state index contributed by atoms with van der Waals surface area (Å²) in [4.78, 5) is 9.25. The molecule has 1 aromatic carbocycles. The van der Waals surface area contributed by atoms with E-state index in [0.717, 1.165) is 45.2 Å². The second-order valence-corrected chi connectivity index (χ2v) is 6.01. The van der Waals surface area contributed by atoms with Crippen LogP contribution in [-0.4, -0.2) is 22.9 Å². The number of anilines is 1. The van der Waals surface area contributed by atoms with Crippen LogP contribution in [0.4, 0.5) is 5.82 Å². The van der Waals surface area contributed by atoms with Crippen molar-refractivity contribution in [3.05, 3.63) is 64.1 Å². The summed E-state index contributed by atoms with van der Waals surface area (Å²) in [6, 6.07) is 9.65. The van der Waals surface area contributed by atoms with Crippen molar-refractivity contribution in [1.29, 1.82) is 0 Å². The Labute approximate surface area is 144 Å².